The van der Waals surface area contributed by atoms with Crippen molar-refractivity contribution in [1.82, 2.24) is 0 Å². The van der Waals surface area contributed by atoms with Crippen LogP contribution in [-0.2, 0) is 19.1 Å². The molecule has 0 bridgehead atoms. The Morgan fingerprint density at radius 2 is 1.40 bits per heavy atom. The second-order valence-corrected chi connectivity index (χ2v) is 2.20. The van der Waals surface area contributed by atoms with Crippen LogP contribution < -0.4 is 0 Å². The zero-order chi connectivity index (χ0) is 12.3. The Labute approximate surface area is 88.2 Å². The lowest BCUT2D eigenvalue weighted by Gasteiger charge is -1.98. The van der Waals surface area contributed by atoms with Gasteiger partial charge in [0.2, 0.25) is 5.78 Å². The lowest BCUT2D eigenvalue weighted by atomic mass is 10.3. The number of hydrogen-bond donors (Lipinski definition) is 1. The summed E-state index contributed by atoms with van der Waals surface area (Å²) in [6.07, 6.45) is -0.509. The molecule has 0 spiro atoms. The van der Waals surface area contributed by atoms with Crippen LogP contribution in [0, 0.1) is 0 Å². The molecule has 0 aliphatic carbocycles. The molecule has 0 aromatic rings. The Morgan fingerprint density at radius 1 is 1.00 bits per heavy atom. The highest BCUT2D eigenvalue weighted by molar-refractivity contribution is 6.32. The summed E-state index contributed by atoms with van der Waals surface area (Å²) in [5.74, 6) is -2.08. The molecule has 0 aromatic carbocycles. The van der Waals surface area contributed by atoms with Crippen molar-refractivity contribution in [1.29, 1.82) is 0 Å². The van der Waals surface area contributed by atoms with E-state index >= 15 is 0 Å². The SMILES string of the molecule is CCC(=O)C(=O)O.CCOC(=O)OCC. The zero-order valence-corrected chi connectivity index (χ0v) is 9.11. The van der Waals surface area contributed by atoms with Crippen molar-refractivity contribution < 1.29 is 29.0 Å². The molecule has 0 rings (SSSR count). The van der Waals surface area contributed by atoms with E-state index < -0.39 is 17.9 Å². The van der Waals surface area contributed by atoms with Crippen LogP contribution in [0.4, 0.5) is 4.79 Å². The standard InChI is InChI=1S/C5H10O3.C4H6O3/c1-3-7-5(6)8-4-2;1-2-3(5)4(6)7/h3-4H2,1-2H3;2H2,1H3,(H,6,7). The molecule has 0 saturated heterocycles. The summed E-state index contributed by atoms with van der Waals surface area (Å²) in [4.78, 5) is 29.7. The summed E-state index contributed by atoms with van der Waals surface area (Å²) >= 11 is 0. The molecular weight excluding hydrogens is 204 g/mol. The number of carboxylic acids is 1. The van der Waals surface area contributed by atoms with Gasteiger partial charge in [0.05, 0.1) is 13.2 Å². The Morgan fingerprint density at radius 3 is 1.53 bits per heavy atom. The van der Waals surface area contributed by atoms with E-state index in [1.54, 1.807) is 13.8 Å². The molecule has 0 heterocycles. The second-order valence-electron chi connectivity index (χ2n) is 2.20. The number of hydrogen-bond acceptors (Lipinski definition) is 5. The highest BCUT2D eigenvalue weighted by Gasteiger charge is 2.05. The summed E-state index contributed by atoms with van der Waals surface area (Å²) in [5.41, 5.74) is 0. The molecular formula is C9H16O6. The first-order valence-corrected chi connectivity index (χ1v) is 4.55. The average molecular weight is 220 g/mol. The molecule has 0 aliphatic heterocycles. The molecule has 0 saturated carbocycles. The van der Waals surface area contributed by atoms with E-state index in [2.05, 4.69) is 9.47 Å². The summed E-state index contributed by atoms with van der Waals surface area (Å²) in [5, 5.41) is 7.83. The van der Waals surface area contributed by atoms with Crippen molar-refractivity contribution in [2.24, 2.45) is 0 Å². The Hall–Kier alpha value is -1.59. The first-order valence-electron chi connectivity index (χ1n) is 4.55. The minimum absolute atomic E-state index is 0.0787. The maximum atomic E-state index is 10.2. The predicted octanol–water partition coefficient (Wildman–Crippen LogP) is 1.23. The number of carbonyl (C=O) groups excluding carboxylic acids is 2. The van der Waals surface area contributed by atoms with Gasteiger partial charge in [-0.3, -0.25) is 4.79 Å². The van der Waals surface area contributed by atoms with E-state index in [9.17, 15) is 14.4 Å². The number of ketones is 1. The monoisotopic (exact) mass is 220 g/mol. The minimum atomic E-state index is -1.34. The van der Waals surface area contributed by atoms with Crippen molar-refractivity contribution in [3.8, 4) is 0 Å². The number of rotatable bonds is 4. The Kier molecular flexibility index (Phi) is 11.1. The summed E-state index contributed by atoms with van der Waals surface area (Å²) in [7, 11) is 0. The maximum Gasteiger partial charge on any atom is 0.508 e. The summed E-state index contributed by atoms with van der Waals surface area (Å²) in [6, 6.07) is 0. The minimum Gasteiger partial charge on any atom is -0.476 e. The normalized spacial score (nSPS) is 8.20. The average Bonchev–Trinajstić information content (AvgIpc) is 2.18. The van der Waals surface area contributed by atoms with Crippen LogP contribution in [0.5, 0.6) is 0 Å². The third kappa shape index (κ3) is 12.4. The third-order valence-corrected chi connectivity index (χ3v) is 1.08. The molecule has 15 heavy (non-hydrogen) atoms. The van der Waals surface area contributed by atoms with E-state index in [0.29, 0.717) is 13.2 Å². The largest absolute Gasteiger partial charge is 0.508 e. The number of carboxylic acid groups (broad SMARTS) is 1. The zero-order valence-electron chi connectivity index (χ0n) is 9.11. The van der Waals surface area contributed by atoms with Crippen LogP contribution in [-0.4, -0.2) is 36.2 Å². The molecule has 6 heteroatoms. The predicted molar refractivity (Wildman–Crippen MR) is 51.6 cm³/mol. The fourth-order valence-corrected chi connectivity index (χ4v) is 0.429. The lowest BCUT2D eigenvalue weighted by Crippen LogP contribution is -2.09. The molecule has 0 atom stereocenters. The van der Waals surface area contributed by atoms with Gasteiger partial charge in [-0.05, 0) is 13.8 Å². The fraction of sp³-hybridized carbons (Fsp3) is 0.667. The highest BCUT2D eigenvalue weighted by atomic mass is 16.7. The number of Topliss-reactive ketones (excluding diaryl/α,β-unsaturated/α-hetero) is 1. The summed E-state index contributed by atoms with van der Waals surface area (Å²) in [6.45, 7) is 5.72. The maximum absolute atomic E-state index is 10.2. The number of carbonyl (C=O) groups is 3. The van der Waals surface area contributed by atoms with E-state index in [1.807, 2.05) is 0 Å². The highest BCUT2D eigenvalue weighted by Crippen LogP contribution is 1.81. The molecule has 0 unspecified atom stereocenters. The van der Waals surface area contributed by atoms with Crippen LogP contribution >= 0.6 is 0 Å². The van der Waals surface area contributed by atoms with Crippen molar-refractivity contribution in [3.63, 3.8) is 0 Å². The van der Waals surface area contributed by atoms with Crippen LogP contribution in [0.2, 0.25) is 0 Å². The molecule has 88 valence electrons. The van der Waals surface area contributed by atoms with Gasteiger partial charge in [-0.25, -0.2) is 9.59 Å². The number of aliphatic carboxylic acids is 1. The van der Waals surface area contributed by atoms with Gasteiger partial charge in [0.15, 0.2) is 0 Å². The molecule has 0 aromatic heterocycles. The third-order valence-electron chi connectivity index (χ3n) is 1.08. The van der Waals surface area contributed by atoms with Crippen LogP contribution in [0.25, 0.3) is 0 Å². The van der Waals surface area contributed by atoms with Crippen molar-refractivity contribution in [2.45, 2.75) is 27.2 Å². The van der Waals surface area contributed by atoms with Crippen LogP contribution in [0.3, 0.4) is 0 Å². The van der Waals surface area contributed by atoms with Gasteiger partial charge in [0.1, 0.15) is 0 Å². The molecule has 1 N–H and O–H groups in total. The molecule has 0 aliphatic rings. The van der Waals surface area contributed by atoms with Gasteiger partial charge < -0.3 is 14.6 Å². The van der Waals surface area contributed by atoms with E-state index in [4.69, 9.17) is 5.11 Å². The van der Waals surface area contributed by atoms with Crippen molar-refractivity contribution in [2.75, 3.05) is 13.2 Å². The molecule has 6 nitrogen and oxygen atoms in total. The summed E-state index contributed by atoms with van der Waals surface area (Å²) < 4.78 is 8.84. The van der Waals surface area contributed by atoms with Gasteiger partial charge in [-0.1, -0.05) is 6.92 Å². The topological polar surface area (TPSA) is 89.9 Å². The van der Waals surface area contributed by atoms with Crippen molar-refractivity contribution in [3.05, 3.63) is 0 Å². The van der Waals surface area contributed by atoms with Crippen LogP contribution in [0.15, 0.2) is 0 Å². The molecule has 0 fully saturated rings. The molecule has 0 radical (unpaired) electrons. The number of ether oxygens (including phenoxy) is 2. The van der Waals surface area contributed by atoms with Gasteiger partial charge >= 0.3 is 12.1 Å². The van der Waals surface area contributed by atoms with Gasteiger partial charge in [-0.2, -0.15) is 0 Å². The van der Waals surface area contributed by atoms with Gasteiger partial charge in [0.25, 0.3) is 0 Å². The molecule has 0 amide bonds. The van der Waals surface area contributed by atoms with E-state index in [-0.39, 0.29) is 6.42 Å². The second kappa shape index (κ2) is 10.5. The smallest absolute Gasteiger partial charge is 0.476 e. The van der Waals surface area contributed by atoms with E-state index in [0.717, 1.165) is 0 Å². The Bertz CT molecular complexity index is 203. The first-order chi connectivity index (χ1) is 6.99. The van der Waals surface area contributed by atoms with Crippen LogP contribution in [0.1, 0.15) is 27.2 Å². The Balaban J connectivity index is 0. The first kappa shape index (κ1) is 15.9. The van der Waals surface area contributed by atoms with Crippen molar-refractivity contribution >= 4 is 17.9 Å². The fourth-order valence-electron chi connectivity index (χ4n) is 0.429. The van der Waals surface area contributed by atoms with Gasteiger partial charge in [0, 0.05) is 6.42 Å². The van der Waals surface area contributed by atoms with Gasteiger partial charge in [-0.15, -0.1) is 0 Å². The lowest BCUT2D eigenvalue weighted by molar-refractivity contribution is -0.148. The quantitative estimate of drug-likeness (QED) is 0.566. The van der Waals surface area contributed by atoms with E-state index in [1.165, 1.54) is 6.92 Å².